The van der Waals surface area contributed by atoms with Crippen molar-refractivity contribution in [1.29, 1.82) is 0 Å². The summed E-state index contributed by atoms with van der Waals surface area (Å²) in [5.74, 6) is 2.46. The van der Waals surface area contributed by atoms with Crippen LogP contribution in [0.3, 0.4) is 0 Å². The standard InChI is InChI=1S/C22H28N2O3/c1-5-15(2)27-22-16(7-6-8-21(22)26-4)13-23-14-18-11-17-12-19(25-3)9-10-20(17)24-18/h6-12,15,23-24H,5,13-14H2,1-4H3. The zero-order valence-corrected chi connectivity index (χ0v) is 16.5. The molecule has 0 saturated heterocycles. The van der Waals surface area contributed by atoms with Gasteiger partial charge in [0.05, 0.1) is 20.3 Å². The largest absolute Gasteiger partial charge is 0.497 e. The third-order valence-electron chi connectivity index (χ3n) is 4.69. The van der Waals surface area contributed by atoms with Gasteiger partial charge in [-0.2, -0.15) is 0 Å². The van der Waals surface area contributed by atoms with Gasteiger partial charge in [0.2, 0.25) is 0 Å². The normalized spacial score (nSPS) is 12.1. The van der Waals surface area contributed by atoms with Gasteiger partial charge in [-0.05, 0) is 43.7 Å². The summed E-state index contributed by atoms with van der Waals surface area (Å²) in [7, 11) is 3.36. The van der Waals surface area contributed by atoms with Gasteiger partial charge in [0.15, 0.2) is 11.5 Å². The maximum atomic E-state index is 6.11. The topological polar surface area (TPSA) is 55.5 Å². The summed E-state index contributed by atoms with van der Waals surface area (Å²) < 4.78 is 16.9. The lowest BCUT2D eigenvalue weighted by Crippen LogP contribution is -2.16. The average molecular weight is 368 g/mol. The SMILES string of the molecule is CCC(C)Oc1c(CNCc2cc3cc(OC)ccc3[nH]2)cccc1OC. The van der Waals surface area contributed by atoms with Crippen molar-refractivity contribution < 1.29 is 14.2 Å². The number of ether oxygens (including phenoxy) is 3. The number of rotatable bonds is 9. The fraction of sp³-hybridized carbons (Fsp3) is 0.364. The lowest BCUT2D eigenvalue weighted by atomic mass is 10.1. The van der Waals surface area contributed by atoms with Crippen LogP contribution in [0, 0.1) is 0 Å². The average Bonchev–Trinajstić information content (AvgIpc) is 3.10. The van der Waals surface area contributed by atoms with Crippen LogP contribution in [0.25, 0.3) is 10.9 Å². The molecular formula is C22H28N2O3. The molecule has 1 unspecified atom stereocenters. The predicted octanol–water partition coefficient (Wildman–Crippen LogP) is 4.65. The molecule has 5 heteroatoms. The fourth-order valence-electron chi connectivity index (χ4n) is 3.00. The second-order valence-electron chi connectivity index (χ2n) is 6.64. The molecule has 0 fully saturated rings. The molecule has 5 nitrogen and oxygen atoms in total. The molecule has 1 aromatic heterocycles. The van der Waals surface area contributed by atoms with Crippen molar-refractivity contribution in [2.45, 2.75) is 39.5 Å². The third kappa shape index (κ3) is 4.55. The van der Waals surface area contributed by atoms with Gasteiger partial charge in [-0.1, -0.05) is 19.1 Å². The summed E-state index contributed by atoms with van der Waals surface area (Å²) >= 11 is 0. The number of para-hydroxylation sites is 1. The van der Waals surface area contributed by atoms with Crippen LogP contribution in [-0.4, -0.2) is 25.3 Å². The first-order valence-electron chi connectivity index (χ1n) is 9.33. The molecule has 0 saturated carbocycles. The molecule has 0 aliphatic heterocycles. The van der Waals surface area contributed by atoms with Crippen LogP contribution < -0.4 is 19.5 Å². The lowest BCUT2D eigenvalue weighted by Gasteiger charge is -2.19. The Labute approximate surface area is 160 Å². The fourth-order valence-corrected chi connectivity index (χ4v) is 3.00. The minimum absolute atomic E-state index is 0.142. The molecule has 0 bridgehead atoms. The van der Waals surface area contributed by atoms with E-state index < -0.39 is 0 Å². The van der Waals surface area contributed by atoms with Crippen LogP contribution in [0.4, 0.5) is 0 Å². The molecule has 27 heavy (non-hydrogen) atoms. The highest BCUT2D eigenvalue weighted by atomic mass is 16.5. The lowest BCUT2D eigenvalue weighted by molar-refractivity contribution is 0.205. The Morgan fingerprint density at radius 3 is 2.63 bits per heavy atom. The highest BCUT2D eigenvalue weighted by molar-refractivity contribution is 5.81. The zero-order valence-electron chi connectivity index (χ0n) is 16.5. The number of methoxy groups -OCH3 is 2. The van der Waals surface area contributed by atoms with Crippen LogP contribution in [0.1, 0.15) is 31.5 Å². The minimum Gasteiger partial charge on any atom is -0.497 e. The van der Waals surface area contributed by atoms with Crippen molar-refractivity contribution in [1.82, 2.24) is 10.3 Å². The van der Waals surface area contributed by atoms with E-state index in [0.717, 1.165) is 52.4 Å². The van der Waals surface area contributed by atoms with Crippen molar-refractivity contribution in [3.8, 4) is 17.2 Å². The first kappa shape index (κ1) is 19.1. The van der Waals surface area contributed by atoms with E-state index in [1.807, 2.05) is 30.3 Å². The highest BCUT2D eigenvalue weighted by Crippen LogP contribution is 2.32. The monoisotopic (exact) mass is 368 g/mol. The van der Waals surface area contributed by atoms with Gasteiger partial charge in [0, 0.05) is 35.2 Å². The Morgan fingerprint density at radius 1 is 1.04 bits per heavy atom. The number of hydrogen-bond acceptors (Lipinski definition) is 4. The van der Waals surface area contributed by atoms with E-state index in [1.54, 1.807) is 14.2 Å². The number of aromatic amines is 1. The second kappa shape index (κ2) is 8.82. The first-order valence-corrected chi connectivity index (χ1v) is 9.33. The van der Waals surface area contributed by atoms with Gasteiger partial charge < -0.3 is 24.5 Å². The van der Waals surface area contributed by atoms with Gasteiger partial charge >= 0.3 is 0 Å². The number of fused-ring (bicyclic) bond motifs is 1. The molecule has 3 rings (SSSR count). The molecule has 0 radical (unpaired) electrons. The van der Waals surface area contributed by atoms with E-state index in [1.165, 1.54) is 0 Å². The zero-order chi connectivity index (χ0) is 19.2. The Kier molecular flexibility index (Phi) is 6.24. The summed E-state index contributed by atoms with van der Waals surface area (Å²) in [6.45, 7) is 5.62. The molecule has 3 aromatic rings. The summed E-state index contributed by atoms with van der Waals surface area (Å²) in [6.07, 6.45) is 1.09. The van der Waals surface area contributed by atoms with Gasteiger partial charge in [0.25, 0.3) is 0 Å². The summed E-state index contributed by atoms with van der Waals surface area (Å²) in [6, 6.07) is 14.2. The van der Waals surface area contributed by atoms with Crippen LogP contribution in [0.15, 0.2) is 42.5 Å². The van der Waals surface area contributed by atoms with E-state index in [4.69, 9.17) is 14.2 Å². The first-order chi connectivity index (χ1) is 13.1. The maximum absolute atomic E-state index is 6.11. The molecule has 0 amide bonds. The van der Waals surface area contributed by atoms with Gasteiger partial charge in [-0.3, -0.25) is 0 Å². The minimum atomic E-state index is 0.142. The second-order valence-corrected chi connectivity index (χ2v) is 6.64. The molecule has 1 heterocycles. The van der Waals surface area contributed by atoms with Crippen LogP contribution in [-0.2, 0) is 13.1 Å². The van der Waals surface area contributed by atoms with Crippen molar-refractivity contribution in [3.63, 3.8) is 0 Å². The number of aromatic nitrogens is 1. The molecule has 0 aliphatic carbocycles. The van der Waals surface area contributed by atoms with Crippen molar-refractivity contribution in [3.05, 3.63) is 53.7 Å². The number of nitrogens with one attached hydrogen (secondary N) is 2. The van der Waals surface area contributed by atoms with Crippen molar-refractivity contribution in [2.75, 3.05) is 14.2 Å². The Hall–Kier alpha value is -2.66. The third-order valence-corrected chi connectivity index (χ3v) is 4.69. The van der Waals surface area contributed by atoms with Crippen molar-refractivity contribution in [2.24, 2.45) is 0 Å². The molecule has 144 valence electrons. The van der Waals surface area contributed by atoms with E-state index in [9.17, 15) is 0 Å². The van der Waals surface area contributed by atoms with Gasteiger partial charge in [-0.25, -0.2) is 0 Å². The van der Waals surface area contributed by atoms with E-state index >= 15 is 0 Å². The van der Waals surface area contributed by atoms with Crippen LogP contribution in [0.2, 0.25) is 0 Å². The smallest absolute Gasteiger partial charge is 0.166 e. The Bertz CT molecular complexity index is 888. The van der Waals surface area contributed by atoms with Gasteiger partial charge in [0.1, 0.15) is 5.75 Å². The molecule has 0 spiro atoms. The van der Waals surface area contributed by atoms with E-state index in [0.29, 0.717) is 6.54 Å². The van der Waals surface area contributed by atoms with E-state index in [-0.39, 0.29) is 6.10 Å². The summed E-state index contributed by atoms with van der Waals surface area (Å²) in [5.41, 5.74) is 3.33. The molecule has 2 aromatic carbocycles. The summed E-state index contributed by atoms with van der Waals surface area (Å²) in [5, 5.41) is 4.64. The quantitative estimate of drug-likeness (QED) is 0.577. The molecule has 1 atom stereocenters. The molecule has 0 aliphatic rings. The van der Waals surface area contributed by atoms with Crippen LogP contribution in [0.5, 0.6) is 17.2 Å². The Morgan fingerprint density at radius 2 is 1.89 bits per heavy atom. The molecule has 2 N–H and O–H groups in total. The Balaban J connectivity index is 1.69. The highest BCUT2D eigenvalue weighted by Gasteiger charge is 2.13. The van der Waals surface area contributed by atoms with Gasteiger partial charge in [-0.15, -0.1) is 0 Å². The number of H-pyrrole nitrogens is 1. The molecular weight excluding hydrogens is 340 g/mol. The van der Waals surface area contributed by atoms with E-state index in [2.05, 4.69) is 36.3 Å². The number of benzene rings is 2. The number of hydrogen-bond donors (Lipinski definition) is 2. The predicted molar refractivity (Wildman–Crippen MR) is 109 cm³/mol. The maximum Gasteiger partial charge on any atom is 0.166 e. The van der Waals surface area contributed by atoms with Crippen LogP contribution >= 0.6 is 0 Å². The van der Waals surface area contributed by atoms with Crippen molar-refractivity contribution >= 4 is 10.9 Å². The summed E-state index contributed by atoms with van der Waals surface area (Å²) in [4.78, 5) is 3.44.